The number of ether oxygens (including phenoxy) is 1. The molecule has 1 atom stereocenters. The first-order valence-electron chi connectivity index (χ1n) is 8.94. The van der Waals surface area contributed by atoms with Crippen molar-refractivity contribution in [1.82, 2.24) is 9.80 Å². The van der Waals surface area contributed by atoms with Gasteiger partial charge in [-0.3, -0.25) is 14.6 Å². The molecule has 1 aromatic heterocycles. The molecule has 0 bridgehead atoms. The Balaban J connectivity index is 1.58. The third-order valence-corrected chi connectivity index (χ3v) is 6.42. The van der Waals surface area contributed by atoms with E-state index in [0.717, 1.165) is 30.0 Å². The smallest absolute Gasteiger partial charge is 0.341 e. The highest BCUT2D eigenvalue weighted by molar-refractivity contribution is 7.16. The summed E-state index contributed by atoms with van der Waals surface area (Å²) in [6, 6.07) is 0.590. The third-order valence-electron chi connectivity index (χ3n) is 5.30. The molecule has 0 saturated carbocycles. The Morgan fingerprint density at radius 2 is 1.96 bits per heavy atom. The predicted molar refractivity (Wildman–Crippen MR) is 99.4 cm³/mol. The maximum Gasteiger partial charge on any atom is 0.341 e. The fourth-order valence-electron chi connectivity index (χ4n) is 3.79. The van der Waals surface area contributed by atoms with E-state index in [1.165, 1.54) is 44.4 Å². The van der Waals surface area contributed by atoms with Crippen LogP contribution in [0.5, 0.6) is 0 Å². The Kier molecular flexibility index (Phi) is 5.76. The quantitative estimate of drug-likeness (QED) is 0.811. The van der Waals surface area contributed by atoms with Crippen molar-refractivity contribution in [3.63, 3.8) is 0 Å². The Morgan fingerprint density at radius 1 is 1.24 bits per heavy atom. The number of amides is 1. The lowest BCUT2D eigenvalue weighted by Crippen LogP contribution is -2.37. The molecule has 6 nitrogen and oxygen atoms in total. The molecule has 0 spiro atoms. The van der Waals surface area contributed by atoms with E-state index in [1.54, 1.807) is 0 Å². The molecule has 3 rings (SSSR count). The standard InChI is InChI=1S/C18H27N3O3S/c1-12-13(2)25-17(16(12)18(23)24-3)19-15(22)11-20-9-6-14(10-20)21-7-4-5-8-21/h14H,4-11H2,1-3H3,(H,19,22). The summed E-state index contributed by atoms with van der Waals surface area (Å²) in [5, 5.41) is 3.52. The minimum absolute atomic E-state index is 0.0616. The fourth-order valence-corrected chi connectivity index (χ4v) is 4.86. The summed E-state index contributed by atoms with van der Waals surface area (Å²) in [6.45, 7) is 8.52. The lowest BCUT2D eigenvalue weighted by Gasteiger charge is -2.23. The first-order valence-corrected chi connectivity index (χ1v) is 9.75. The monoisotopic (exact) mass is 365 g/mol. The number of hydrogen-bond donors (Lipinski definition) is 1. The number of thiophene rings is 1. The topological polar surface area (TPSA) is 61.9 Å². The number of rotatable bonds is 5. The number of anilines is 1. The maximum atomic E-state index is 12.5. The number of methoxy groups -OCH3 is 1. The van der Waals surface area contributed by atoms with Gasteiger partial charge in [-0.2, -0.15) is 0 Å². The first-order chi connectivity index (χ1) is 12.0. The number of nitrogens with zero attached hydrogens (tertiary/aromatic N) is 2. The van der Waals surface area contributed by atoms with E-state index in [9.17, 15) is 9.59 Å². The zero-order valence-corrected chi connectivity index (χ0v) is 16.1. The summed E-state index contributed by atoms with van der Waals surface area (Å²) in [5.41, 5.74) is 1.36. The molecular weight excluding hydrogens is 338 g/mol. The Hall–Kier alpha value is -1.44. The van der Waals surface area contributed by atoms with E-state index in [2.05, 4.69) is 15.1 Å². The van der Waals surface area contributed by atoms with Crippen LogP contribution in [0.2, 0.25) is 0 Å². The molecule has 1 amide bonds. The average molecular weight is 365 g/mol. The Morgan fingerprint density at radius 3 is 2.64 bits per heavy atom. The van der Waals surface area contributed by atoms with Gasteiger partial charge in [-0.1, -0.05) is 0 Å². The Bertz CT molecular complexity index is 652. The largest absolute Gasteiger partial charge is 0.465 e. The van der Waals surface area contributed by atoms with E-state index in [-0.39, 0.29) is 5.91 Å². The van der Waals surface area contributed by atoms with Crippen molar-refractivity contribution >= 4 is 28.2 Å². The molecule has 2 saturated heterocycles. The minimum atomic E-state index is -0.396. The van der Waals surface area contributed by atoms with Crippen LogP contribution in [0.15, 0.2) is 0 Å². The second-order valence-electron chi connectivity index (χ2n) is 6.95. The summed E-state index contributed by atoms with van der Waals surface area (Å²) >= 11 is 1.43. The second kappa shape index (κ2) is 7.85. The van der Waals surface area contributed by atoms with Crippen molar-refractivity contribution in [2.24, 2.45) is 0 Å². The molecule has 0 aliphatic carbocycles. The van der Waals surface area contributed by atoms with E-state index in [1.807, 2.05) is 13.8 Å². The summed E-state index contributed by atoms with van der Waals surface area (Å²) in [6.07, 6.45) is 3.73. The molecule has 25 heavy (non-hydrogen) atoms. The molecular formula is C18H27N3O3S. The van der Waals surface area contributed by atoms with Gasteiger partial charge in [0.15, 0.2) is 0 Å². The van der Waals surface area contributed by atoms with Crippen molar-refractivity contribution in [3.05, 3.63) is 16.0 Å². The van der Waals surface area contributed by atoms with Gasteiger partial charge in [0.25, 0.3) is 0 Å². The van der Waals surface area contributed by atoms with E-state index in [4.69, 9.17) is 4.74 Å². The van der Waals surface area contributed by atoms with Gasteiger partial charge >= 0.3 is 5.97 Å². The van der Waals surface area contributed by atoms with Gasteiger partial charge in [-0.25, -0.2) is 4.79 Å². The SMILES string of the molecule is COC(=O)c1c(NC(=O)CN2CCC(N3CCCC3)C2)sc(C)c1C. The molecule has 138 valence electrons. The van der Waals surface area contributed by atoms with E-state index < -0.39 is 5.97 Å². The van der Waals surface area contributed by atoms with Gasteiger partial charge < -0.3 is 10.1 Å². The highest BCUT2D eigenvalue weighted by Gasteiger charge is 2.30. The van der Waals surface area contributed by atoms with E-state index in [0.29, 0.717) is 23.2 Å². The van der Waals surface area contributed by atoms with Crippen molar-refractivity contribution in [2.75, 3.05) is 45.2 Å². The zero-order chi connectivity index (χ0) is 18.0. The molecule has 2 aliphatic heterocycles. The normalized spacial score (nSPS) is 21.6. The number of hydrogen-bond acceptors (Lipinski definition) is 6. The number of aryl methyl sites for hydroxylation is 1. The molecule has 3 heterocycles. The minimum Gasteiger partial charge on any atom is -0.465 e. The summed E-state index contributed by atoms with van der Waals surface area (Å²) in [5.74, 6) is -0.458. The van der Waals surface area contributed by atoms with Gasteiger partial charge in [0.2, 0.25) is 5.91 Å². The first kappa shape index (κ1) is 18.4. The molecule has 2 aliphatic rings. The lowest BCUT2D eigenvalue weighted by atomic mass is 10.1. The lowest BCUT2D eigenvalue weighted by molar-refractivity contribution is -0.117. The molecule has 7 heteroatoms. The average Bonchev–Trinajstić information content (AvgIpc) is 3.29. The van der Waals surface area contributed by atoms with Crippen LogP contribution in [0.4, 0.5) is 5.00 Å². The molecule has 1 unspecified atom stereocenters. The van der Waals surface area contributed by atoms with Gasteiger partial charge in [0.05, 0.1) is 19.2 Å². The van der Waals surface area contributed by atoms with Crippen LogP contribution in [0.1, 0.15) is 40.1 Å². The number of carbonyl (C=O) groups excluding carboxylic acids is 2. The summed E-state index contributed by atoms with van der Waals surface area (Å²) in [4.78, 5) is 30.3. The van der Waals surface area contributed by atoms with Crippen LogP contribution in [-0.2, 0) is 9.53 Å². The van der Waals surface area contributed by atoms with Crippen LogP contribution >= 0.6 is 11.3 Å². The number of esters is 1. The van der Waals surface area contributed by atoms with Crippen molar-refractivity contribution in [3.8, 4) is 0 Å². The number of likely N-dealkylation sites (tertiary alicyclic amines) is 2. The molecule has 1 aromatic rings. The van der Waals surface area contributed by atoms with E-state index >= 15 is 0 Å². The van der Waals surface area contributed by atoms with Gasteiger partial charge in [0, 0.05) is 24.0 Å². The van der Waals surface area contributed by atoms with Crippen LogP contribution in [-0.4, -0.2) is 67.6 Å². The van der Waals surface area contributed by atoms with Gasteiger partial charge in [0.1, 0.15) is 5.00 Å². The zero-order valence-electron chi connectivity index (χ0n) is 15.3. The highest BCUT2D eigenvalue weighted by Crippen LogP contribution is 2.33. The number of carbonyl (C=O) groups is 2. The third kappa shape index (κ3) is 4.04. The molecule has 0 aromatic carbocycles. The fraction of sp³-hybridized carbons (Fsp3) is 0.667. The highest BCUT2D eigenvalue weighted by atomic mass is 32.1. The van der Waals surface area contributed by atoms with Crippen LogP contribution in [0.3, 0.4) is 0 Å². The van der Waals surface area contributed by atoms with Gasteiger partial charge in [-0.05, 0) is 51.8 Å². The van der Waals surface area contributed by atoms with Crippen molar-refractivity contribution in [1.29, 1.82) is 0 Å². The second-order valence-corrected chi connectivity index (χ2v) is 8.17. The van der Waals surface area contributed by atoms with Crippen LogP contribution in [0, 0.1) is 13.8 Å². The van der Waals surface area contributed by atoms with Gasteiger partial charge in [-0.15, -0.1) is 11.3 Å². The Labute approximate surface area is 153 Å². The molecule has 1 N–H and O–H groups in total. The summed E-state index contributed by atoms with van der Waals surface area (Å²) < 4.78 is 4.86. The molecule has 2 fully saturated rings. The van der Waals surface area contributed by atoms with Crippen LogP contribution in [0.25, 0.3) is 0 Å². The molecule has 0 radical (unpaired) electrons. The number of nitrogens with one attached hydrogen (secondary N) is 1. The maximum absolute atomic E-state index is 12.5. The predicted octanol–water partition coefficient (Wildman–Crippen LogP) is 2.26. The van der Waals surface area contributed by atoms with Crippen molar-refractivity contribution in [2.45, 2.75) is 39.2 Å². The van der Waals surface area contributed by atoms with Crippen molar-refractivity contribution < 1.29 is 14.3 Å². The summed E-state index contributed by atoms with van der Waals surface area (Å²) in [7, 11) is 1.36. The van der Waals surface area contributed by atoms with Crippen LogP contribution < -0.4 is 5.32 Å².